The summed E-state index contributed by atoms with van der Waals surface area (Å²) in [5, 5.41) is 5.61. The molecular weight excluding hydrogens is 332 g/mol. The molecule has 1 heterocycles. The third-order valence-corrected chi connectivity index (χ3v) is 3.78. The Labute approximate surface area is 143 Å². The van der Waals surface area contributed by atoms with E-state index >= 15 is 0 Å². The summed E-state index contributed by atoms with van der Waals surface area (Å²) >= 11 is 5.94. The zero-order chi connectivity index (χ0) is 16.9. The lowest BCUT2D eigenvalue weighted by atomic mass is 10.2. The fraction of sp³-hybridized carbons (Fsp3) is 0.176. The zero-order valence-corrected chi connectivity index (χ0v) is 13.4. The van der Waals surface area contributed by atoms with E-state index in [-0.39, 0.29) is 25.2 Å². The highest BCUT2D eigenvalue weighted by Gasteiger charge is 2.14. The second-order valence-electron chi connectivity index (χ2n) is 5.13. The van der Waals surface area contributed by atoms with Crippen molar-refractivity contribution < 1.29 is 19.1 Å². The van der Waals surface area contributed by atoms with Crippen LogP contribution in [0.5, 0.6) is 11.5 Å². The molecule has 0 radical (unpaired) electrons. The molecule has 1 aliphatic heterocycles. The minimum Gasteiger partial charge on any atom is -0.454 e. The molecule has 1 aliphatic rings. The first-order chi connectivity index (χ1) is 11.6. The van der Waals surface area contributed by atoms with E-state index in [1.807, 2.05) is 12.1 Å². The summed E-state index contributed by atoms with van der Waals surface area (Å²) in [4.78, 5) is 23.8. The molecule has 2 aromatic carbocycles. The van der Waals surface area contributed by atoms with Gasteiger partial charge in [-0.15, -0.1) is 0 Å². The molecule has 24 heavy (non-hydrogen) atoms. The van der Waals surface area contributed by atoms with Gasteiger partial charge in [0.1, 0.15) is 0 Å². The van der Waals surface area contributed by atoms with Gasteiger partial charge in [-0.05, 0) is 29.8 Å². The molecular formula is C17H15ClN2O4. The first-order valence-corrected chi connectivity index (χ1v) is 7.69. The van der Waals surface area contributed by atoms with Gasteiger partial charge >= 0.3 is 0 Å². The molecule has 0 saturated carbocycles. The maximum absolute atomic E-state index is 12.0. The number of rotatable bonds is 5. The quantitative estimate of drug-likeness (QED) is 0.869. The van der Waals surface area contributed by atoms with Gasteiger partial charge in [-0.25, -0.2) is 0 Å². The SMILES string of the molecule is O=C(CNC(=O)c1ccccc1Cl)NCc1ccc2c(c1)OCO2. The molecule has 0 spiro atoms. The van der Waals surface area contributed by atoms with Gasteiger partial charge in [0.25, 0.3) is 5.91 Å². The second-order valence-corrected chi connectivity index (χ2v) is 5.53. The largest absolute Gasteiger partial charge is 0.454 e. The van der Waals surface area contributed by atoms with E-state index in [4.69, 9.17) is 21.1 Å². The Hall–Kier alpha value is -2.73. The fourth-order valence-electron chi connectivity index (χ4n) is 2.22. The second kappa shape index (κ2) is 7.23. The first-order valence-electron chi connectivity index (χ1n) is 7.31. The highest BCUT2D eigenvalue weighted by molar-refractivity contribution is 6.33. The van der Waals surface area contributed by atoms with Crippen LogP contribution >= 0.6 is 11.6 Å². The lowest BCUT2D eigenvalue weighted by Gasteiger charge is -2.08. The van der Waals surface area contributed by atoms with Crippen LogP contribution in [0, 0.1) is 0 Å². The Bertz CT molecular complexity index is 779. The number of fused-ring (bicyclic) bond motifs is 1. The maximum atomic E-state index is 12.0. The average Bonchev–Trinajstić information content (AvgIpc) is 3.06. The third-order valence-electron chi connectivity index (χ3n) is 3.45. The van der Waals surface area contributed by atoms with Gasteiger partial charge in [-0.1, -0.05) is 29.8 Å². The van der Waals surface area contributed by atoms with Crippen molar-refractivity contribution in [3.05, 3.63) is 58.6 Å². The summed E-state index contributed by atoms with van der Waals surface area (Å²) < 4.78 is 10.5. The van der Waals surface area contributed by atoms with E-state index in [0.717, 1.165) is 5.56 Å². The highest BCUT2D eigenvalue weighted by atomic mass is 35.5. The summed E-state index contributed by atoms with van der Waals surface area (Å²) in [6.45, 7) is 0.408. The topological polar surface area (TPSA) is 76.7 Å². The van der Waals surface area contributed by atoms with Crippen LogP contribution in [0.2, 0.25) is 5.02 Å². The maximum Gasteiger partial charge on any atom is 0.253 e. The van der Waals surface area contributed by atoms with Gasteiger partial charge in [0.15, 0.2) is 11.5 Å². The van der Waals surface area contributed by atoms with Crippen molar-refractivity contribution in [3.8, 4) is 11.5 Å². The van der Waals surface area contributed by atoms with Gasteiger partial charge in [0, 0.05) is 6.54 Å². The molecule has 6 nitrogen and oxygen atoms in total. The lowest BCUT2D eigenvalue weighted by molar-refractivity contribution is -0.120. The molecule has 7 heteroatoms. The van der Waals surface area contributed by atoms with Gasteiger partial charge in [0.2, 0.25) is 12.7 Å². The Kier molecular flexibility index (Phi) is 4.86. The van der Waals surface area contributed by atoms with Crippen molar-refractivity contribution in [2.24, 2.45) is 0 Å². The van der Waals surface area contributed by atoms with Crippen molar-refractivity contribution in [2.75, 3.05) is 13.3 Å². The van der Waals surface area contributed by atoms with Crippen molar-refractivity contribution >= 4 is 23.4 Å². The molecule has 0 saturated heterocycles. The van der Waals surface area contributed by atoms with Gasteiger partial charge < -0.3 is 20.1 Å². The Morgan fingerprint density at radius 2 is 1.83 bits per heavy atom. The summed E-state index contributed by atoms with van der Waals surface area (Å²) in [5.41, 5.74) is 1.22. The minimum atomic E-state index is -0.390. The predicted octanol–water partition coefficient (Wildman–Crippen LogP) is 2.11. The molecule has 0 unspecified atom stereocenters. The number of carbonyl (C=O) groups excluding carboxylic acids is 2. The average molecular weight is 347 g/mol. The molecule has 3 rings (SSSR count). The molecule has 0 aliphatic carbocycles. The third kappa shape index (κ3) is 3.78. The van der Waals surface area contributed by atoms with Crippen LogP contribution in [-0.4, -0.2) is 25.2 Å². The van der Waals surface area contributed by atoms with Gasteiger partial charge in [-0.2, -0.15) is 0 Å². The van der Waals surface area contributed by atoms with Gasteiger partial charge in [-0.3, -0.25) is 9.59 Å². The normalized spacial score (nSPS) is 11.9. The number of amides is 2. The smallest absolute Gasteiger partial charge is 0.253 e. The lowest BCUT2D eigenvalue weighted by Crippen LogP contribution is -2.36. The Balaban J connectivity index is 1.48. The predicted molar refractivity (Wildman–Crippen MR) is 88.2 cm³/mol. The molecule has 0 fully saturated rings. The van der Waals surface area contributed by atoms with E-state index in [9.17, 15) is 9.59 Å². The van der Waals surface area contributed by atoms with Crippen LogP contribution in [-0.2, 0) is 11.3 Å². The number of carbonyl (C=O) groups is 2. The first kappa shape index (κ1) is 16.1. The minimum absolute atomic E-state index is 0.130. The van der Waals surface area contributed by atoms with Crippen LogP contribution in [0.4, 0.5) is 0 Å². The highest BCUT2D eigenvalue weighted by Crippen LogP contribution is 2.32. The van der Waals surface area contributed by atoms with Crippen LogP contribution in [0.3, 0.4) is 0 Å². The number of halogens is 1. The van der Waals surface area contributed by atoms with E-state index in [1.165, 1.54) is 0 Å². The van der Waals surface area contributed by atoms with Crippen LogP contribution in [0.1, 0.15) is 15.9 Å². The molecule has 2 aromatic rings. The number of benzene rings is 2. The van der Waals surface area contributed by atoms with E-state index in [2.05, 4.69) is 10.6 Å². The van der Waals surface area contributed by atoms with Crippen LogP contribution < -0.4 is 20.1 Å². The number of hydrogen-bond donors (Lipinski definition) is 2. The molecule has 0 aromatic heterocycles. The molecule has 2 amide bonds. The van der Waals surface area contributed by atoms with Crippen molar-refractivity contribution in [1.29, 1.82) is 0 Å². The number of nitrogens with one attached hydrogen (secondary N) is 2. The summed E-state index contributed by atoms with van der Waals surface area (Å²) in [7, 11) is 0. The molecule has 0 atom stereocenters. The van der Waals surface area contributed by atoms with Crippen molar-refractivity contribution in [1.82, 2.24) is 10.6 Å². The fourth-order valence-corrected chi connectivity index (χ4v) is 2.44. The monoisotopic (exact) mass is 346 g/mol. The van der Waals surface area contributed by atoms with E-state index in [1.54, 1.807) is 30.3 Å². The van der Waals surface area contributed by atoms with Crippen molar-refractivity contribution in [3.63, 3.8) is 0 Å². The molecule has 0 bridgehead atoms. The summed E-state index contributed by atoms with van der Waals surface area (Å²) in [6.07, 6.45) is 0. The molecule has 2 N–H and O–H groups in total. The zero-order valence-electron chi connectivity index (χ0n) is 12.7. The Morgan fingerprint density at radius 3 is 2.67 bits per heavy atom. The standard InChI is InChI=1S/C17H15ClN2O4/c18-13-4-2-1-3-12(13)17(22)20-9-16(21)19-8-11-5-6-14-15(7-11)24-10-23-14/h1-7H,8-10H2,(H,19,21)(H,20,22). The number of ether oxygens (including phenoxy) is 2. The van der Waals surface area contributed by atoms with Crippen LogP contribution in [0.15, 0.2) is 42.5 Å². The van der Waals surface area contributed by atoms with Crippen molar-refractivity contribution in [2.45, 2.75) is 6.54 Å². The number of hydrogen-bond acceptors (Lipinski definition) is 4. The Morgan fingerprint density at radius 1 is 1.04 bits per heavy atom. The van der Waals surface area contributed by atoms with E-state index < -0.39 is 0 Å². The molecule has 124 valence electrons. The summed E-state index contributed by atoms with van der Waals surface area (Å²) in [6, 6.07) is 12.1. The summed E-state index contributed by atoms with van der Waals surface area (Å²) in [5.74, 6) is 0.665. The van der Waals surface area contributed by atoms with E-state index in [0.29, 0.717) is 28.6 Å². The van der Waals surface area contributed by atoms with Crippen LogP contribution in [0.25, 0.3) is 0 Å². The van der Waals surface area contributed by atoms with Gasteiger partial charge in [0.05, 0.1) is 17.1 Å².